The lowest BCUT2D eigenvalue weighted by molar-refractivity contribution is -0.142. The number of esters is 1. The third-order valence-electron chi connectivity index (χ3n) is 3.64. The number of carbonyl (C=O) groups is 2. The number of halogens is 1. The number of methoxy groups -OCH3 is 2. The van der Waals surface area contributed by atoms with Crippen molar-refractivity contribution >= 4 is 35.2 Å². The van der Waals surface area contributed by atoms with Gasteiger partial charge in [-0.05, 0) is 48.4 Å². The van der Waals surface area contributed by atoms with E-state index in [1.807, 2.05) is 6.92 Å². The van der Waals surface area contributed by atoms with Crippen LogP contribution in [0.4, 0.5) is 5.69 Å². The lowest BCUT2D eigenvalue weighted by Gasteiger charge is -2.09. The van der Waals surface area contributed by atoms with Gasteiger partial charge in [-0.1, -0.05) is 23.7 Å². The van der Waals surface area contributed by atoms with Crippen molar-refractivity contribution in [3.05, 3.63) is 58.6 Å². The number of benzene rings is 2. The fourth-order valence-corrected chi connectivity index (χ4v) is 2.39. The highest BCUT2D eigenvalue weighted by Gasteiger charge is 2.08. The number of ether oxygens (including phenoxy) is 3. The molecule has 0 saturated heterocycles. The SMILES string of the molecule is COc1ccc(/C=C/C(=O)OCC(=O)Nc2cc(Cl)ccc2C)cc1OC. The van der Waals surface area contributed by atoms with Crippen molar-refractivity contribution in [1.82, 2.24) is 0 Å². The van der Waals surface area contributed by atoms with E-state index in [0.717, 1.165) is 11.1 Å². The summed E-state index contributed by atoms with van der Waals surface area (Å²) in [6, 6.07) is 10.4. The van der Waals surface area contributed by atoms with Gasteiger partial charge in [-0.3, -0.25) is 4.79 Å². The first-order valence-corrected chi connectivity index (χ1v) is 8.43. The first-order chi connectivity index (χ1) is 12.9. The summed E-state index contributed by atoms with van der Waals surface area (Å²) in [5.41, 5.74) is 2.15. The lowest BCUT2D eigenvalue weighted by Crippen LogP contribution is -2.20. The molecule has 0 aliphatic carbocycles. The second kappa shape index (κ2) is 9.64. The average molecular weight is 390 g/mol. The standard InChI is InChI=1S/C20H20ClNO5/c1-13-4-7-15(21)11-16(13)22-19(23)12-27-20(24)9-6-14-5-8-17(25-2)18(10-14)26-3/h4-11H,12H2,1-3H3,(H,22,23)/b9-6+. The van der Waals surface area contributed by atoms with E-state index >= 15 is 0 Å². The van der Waals surface area contributed by atoms with Crippen LogP contribution in [0.5, 0.6) is 11.5 Å². The van der Waals surface area contributed by atoms with Crippen LogP contribution in [0.3, 0.4) is 0 Å². The molecule has 1 N–H and O–H groups in total. The molecule has 2 aromatic rings. The van der Waals surface area contributed by atoms with Gasteiger partial charge in [0.15, 0.2) is 18.1 Å². The zero-order valence-corrected chi connectivity index (χ0v) is 16.0. The van der Waals surface area contributed by atoms with Crippen LogP contribution in [0.15, 0.2) is 42.5 Å². The smallest absolute Gasteiger partial charge is 0.331 e. The molecular formula is C20H20ClNO5. The number of amides is 1. The molecule has 0 unspecified atom stereocenters. The minimum atomic E-state index is -0.636. The molecule has 0 radical (unpaired) electrons. The van der Waals surface area contributed by atoms with Crippen molar-refractivity contribution in [3.8, 4) is 11.5 Å². The highest BCUT2D eigenvalue weighted by molar-refractivity contribution is 6.31. The Morgan fingerprint density at radius 2 is 1.81 bits per heavy atom. The molecule has 2 rings (SSSR count). The molecule has 2 aromatic carbocycles. The third kappa shape index (κ3) is 6.04. The largest absolute Gasteiger partial charge is 0.493 e. The van der Waals surface area contributed by atoms with E-state index in [1.54, 1.807) is 49.6 Å². The van der Waals surface area contributed by atoms with E-state index in [0.29, 0.717) is 22.2 Å². The minimum Gasteiger partial charge on any atom is -0.493 e. The van der Waals surface area contributed by atoms with Gasteiger partial charge in [0.25, 0.3) is 5.91 Å². The molecular weight excluding hydrogens is 370 g/mol. The Bertz CT molecular complexity index is 863. The molecule has 0 spiro atoms. The Labute approximate surface area is 162 Å². The molecule has 0 saturated carbocycles. The van der Waals surface area contributed by atoms with Crippen LogP contribution >= 0.6 is 11.6 Å². The molecule has 0 aliphatic rings. The van der Waals surface area contributed by atoms with E-state index < -0.39 is 18.5 Å². The molecule has 0 atom stereocenters. The quantitative estimate of drug-likeness (QED) is 0.575. The summed E-state index contributed by atoms with van der Waals surface area (Å²) in [7, 11) is 3.07. The molecule has 1 amide bonds. The number of anilines is 1. The summed E-state index contributed by atoms with van der Waals surface area (Å²) in [6.45, 7) is 1.44. The van der Waals surface area contributed by atoms with Gasteiger partial charge in [0.05, 0.1) is 14.2 Å². The van der Waals surface area contributed by atoms with Crippen molar-refractivity contribution in [2.75, 3.05) is 26.1 Å². The van der Waals surface area contributed by atoms with Crippen LogP contribution in [0.2, 0.25) is 5.02 Å². The Hall–Kier alpha value is -2.99. The van der Waals surface area contributed by atoms with Gasteiger partial charge in [-0.25, -0.2) is 4.79 Å². The van der Waals surface area contributed by atoms with Gasteiger partial charge in [-0.2, -0.15) is 0 Å². The topological polar surface area (TPSA) is 73.9 Å². The van der Waals surface area contributed by atoms with E-state index in [9.17, 15) is 9.59 Å². The number of rotatable bonds is 7. The number of hydrogen-bond acceptors (Lipinski definition) is 5. The molecule has 0 heterocycles. The van der Waals surface area contributed by atoms with Crippen molar-refractivity contribution in [3.63, 3.8) is 0 Å². The van der Waals surface area contributed by atoms with Gasteiger partial charge in [0.2, 0.25) is 0 Å². The Balaban J connectivity index is 1.89. The number of carbonyl (C=O) groups excluding carboxylic acids is 2. The molecule has 0 aromatic heterocycles. The van der Waals surface area contributed by atoms with Crippen molar-refractivity contribution < 1.29 is 23.8 Å². The summed E-state index contributed by atoms with van der Waals surface area (Å²) in [5.74, 6) is 0.0467. The van der Waals surface area contributed by atoms with E-state index in [2.05, 4.69) is 5.32 Å². The zero-order valence-electron chi connectivity index (χ0n) is 15.2. The maximum Gasteiger partial charge on any atom is 0.331 e. The van der Waals surface area contributed by atoms with Crippen LogP contribution in [-0.2, 0) is 14.3 Å². The maximum atomic E-state index is 11.9. The Morgan fingerprint density at radius 1 is 1.07 bits per heavy atom. The fraction of sp³-hybridized carbons (Fsp3) is 0.200. The maximum absolute atomic E-state index is 11.9. The first kappa shape index (κ1) is 20.3. The number of aryl methyl sites for hydroxylation is 1. The van der Waals surface area contributed by atoms with Crippen LogP contribution < -0.4 is 14.8 Å². The van der Waals surface area contributed by atoms with Crippen LogP contribution in [0, 0.1) is 6.92 Å². The number of nitrogens with one attached hydrogen (secondary N) is 1. The summed E-state index contributed by atoms with van der Waals surface area (Å²) >= 11 is 5.91. The van der Waals surface area contributed by atoms with E-state index in [-0.39, 0.29) is 0 Å². The summed E-state index contributed by atoms with van der Waals surface area (Å²) in [4.78, 5) is 23.7. The zero-order chi connectivity index (χ0) is 19.8. The Kier molecular flexibility index (Phi) is 7.25. The van der Waals surface area contributed by atoms with E-state index in [4.69, 9.17) is 25.8 Å². The van der Waals surface area contributed by atoms with Crippen molar-refractivity contribution in [2.24, 2.45) is 0 Å². The molecule has 27 heavy (non-hydrogen) atoms. The minimum absolute atomic E-state index is 0.402. The third-order valence-corrected chi connectivity index (χ3v) is 3.87. The second-order valence-electron chi connectivity index (χ2n) is 5.56. The fourth-order valence-electron chi connectivity index (χ4n) is 2.22. The first-order valence-electron chi connectivity index (χ1n) is 8.06. The van der Waals surface area contributed by atoms with Gasteiger partial charge in [-0.15, -0.1) is 0 Å². The molecule has 7 heteroatoms. The summed E-state index contributed by atoms with van der Waals surface area (Å²) < 4.78 is 15.3. The van der Waals surface area contributed by atoms with Crippen molar-refractivity contribution in [2.45, 2.75) is 6.92 Å². The lowest BCUT2D eigenvalue weighted by atomic mass is 10.2. The summed E-state index contributed by atoms with van der Waals surface area (Å²) in [6.07, 6.45) is 2.79. The predicted octanol–water partition coefficient (Wildman–Crippen LogP) is 3.86. The molecule has 142 valence electrons. The summed E-state index contributed by atoms with van der Waals surface area (Å²) in [5, 5.41) is 3.16. The molecule has 0 fully saturated rings. The second-order valence-corrected chi connectivity index (χ2v) is 6.00. The van der Waals surface area contributed by atoms with Gasteiger partial charge in [0, 0.05) is 16.8 Å². The van der Waals surface area contributed by atoms with E-state index in [1.165, 1.54) is 13.2 Å². The van der Waals surface area contributed by atoms with Gasteiger partial charge >= 0.3 is 5.97 Å². The van der Waals surface area contributed by atoms with Crippen molar-refractivity contribution in [1.29, 1.82) is 0 Å². The molecule has 6 nitrogen and oxygen atoms in total. The monoisotopic (exact) mass is 389 g/mol. The molecule has 0 aliphatic heterocycles. The van der Waals surface area contributed by atoms with Gasteiger partial charge < -0.3 is 19.5 Å². The highest BCUT2D eigenvalue weighted by Crippen LogP contribution is 2.28. The predicted molar refractivity (Wildman–Crippen MR) is 104 cm³/mol. The van der Waals surface area contributed by atoms with Crippen LogP contribution in [0.1, 0.15) is 11.1 Å². The van der Waals surface area contributed by atoms with Crippen LogP contribution in [0.25, 0.3) is 6.08 Å². The number of hydrogen-bond donors (Lipinski definition) is 1. The van der Waals surface area contributed by atoms with Gasteiger partial charge in [0.1, 0.15) is 0 Å². The average Bonchev–Trinajstić information content (AvgIpc) is 2.67. The Morgan fingerprint density at radius 3 is 2.52 bits per heavy atom. The normalized spacial score (nSPS) is 10.5. The van der Waals surface area contributed by atoms with Crippen LogP contribution in [-0.4, -0.2) is 32.7 Å². The molecule has 0 bridgehead atoms. The highest BCUT2D eigenvalue weighted by atomic mass is 35.5.